The lowest BCUT2D eigenvalue weighted by molar-refractivity contribution is -0.175. The van der Waals surface area contributed by atoms with Crippen molar-refractivity contribution in [2.75, 3.05) is 0 Å². The minimum Gasteiger partial charge on any atom is -0.451 e. The molecule has 29 heavy (non-hydrogen) atoms. The van der Waals surface area contributed by atoms with Gasteiger partial charge in [0, 0.05) is 23.8 Å². The molecule has 0 aromatic carbocycles. The van der Waals surface area contributed by atoms with E-state index in [2.05, 4.69) is 19.1 Å². The number of carbonyl (C=O) groups is 2. The van der Waals surface area contributed by atoms with Gasteiger partial charge in [-0.05, 0) is 105 Å². The van der Waals surface area contributed by atoms with Crippen LogP contribution in [0.1, 0.15) is 64.7 Å². The average Bonchev–Trinajstić information content (AvgIpc) is 3.64. The lowest BCUT2D eigenvalue weighted by Gasteiger charge is -2.60. The first-order valence-electron chi connectivity index (χ1n) is 12.2. The molecule has 0 aromatic heterocycles. The summed E-state index contributed by atoms with van der Waals surface area (Å²) in [6.07, 6.45) is 16.6. The van der Waals surface area contributed by atoms with Gasteiger partial charge in [-0.15, -0.1) is 0 Å². The summed E-state index contributed by atoms with van der Waals surface area (Å²) in [5.41, 5.74) is 1.37. The number of hydrogen-bond acceptors (Lipinski definition) is 3. The number of rotatable bonds is 2. The molecule has 1 heterocycles. The Bertz CT molecular complexity index is 865. The molecule has 6 aliphatic carbocycles. The van der Waals surface area contributed by atoms with Gasteiger partial charge in [-0.3, -0.25) is 4.79 Å². The maximum atomic E-state index is 12.2. The fraction of sp³-hybridized carbons (Fsp3) is 0.769. The van der Waals surface area contributed by atoms with Gasteiger partial charge in [0.25, 0.3) is 0 Å². The number of ether oxygens (including phenoxy) is 1. The number of ketones is 1. The second-order valence-electron chi connectivity index (χ2n) is 11.4. The van der Waals surface area contributed by atoms with Crippen molar-refractivity contribution in [2.45, 2.75) is 70.3 Å². The second-order valence-corrected chi connectivity index (χ2v) is 11.4. The lowest BCUT2D eigenvalue weighted by atomic mass is 9.45. The Morgan fingerprint density at radius 1 is 1.10 bits per heavy atom. The molecule has 0 aromatic rings. The summed E-state index contributed by atoms with van der Waals surface area (Å²) in [6.45, 7) is 2.36. The Morgan fingerprint density at radius 3 is 2.69 bits per heavy atom. The summed E-state index contributed by atoms with van der Waals surface area (Å²) < 4.78 is 6.23. The van der Waals surface area contributed by atoms with Crippen LogP contribution in [0.15, 0.2) is 23.8 Å². The number of esters is 1. The van der Waals surface area contributed by atoms with Gasteiger partial charge in [0.1, 0.15) is 5.60 Å². The van der Waals surface area contributed by atoms with E-state index in [-0.39, 0.29) is 17.0 Å². The van der Waals surface area contributed by atoms with Crippen LogP contribution in [0.3, 0.4) is 0 Å². The Kier molecular flexibility index (Phi) is 3.25. The number of hydrogen-bond donors (Lipinski definition) is 0. The molecule has 3 nitrogen and oxygen atoms in total. The third-order valence-corrected chi connectivity index (χ3v) is 10.7. The molecule has 5 saturated carbocycles. The Morgan fingerprint density at radius 2 is 1.97 bits per heavy atom. The molecule has 0 bridgehead atoms. The van der Waals surface area contributed by atoms with Gasteiger partial charge in [0.2, 0.25) is 0 Å². The average molecular weight is 393 g/mol. The summed E-state index contributed by atoms with van der Waals surface area (Å²) in [7, 11) is 0. The standard InChI is InChI=1S/C26H32O3/c1-2-25-9-7-18-17-6-5-16(27)11-15(17)12-19(14-3-4-14)23(18)24(25)20-13-21(20)26(25)10-8-22(28)29-26/h8,10-11,14,17-21,23-24H,2-7,9,12-13H2,1H3/t17-,18?,19-,20+,21-,23?,24?,25-,26-/m0/s1. The van der Waals surface area contributed by atoms with E-state index in [9.17, 15) is 9.59 Å². The van der Waals surface area contributed by atoms with E-state index in [0.717, 1.165) is 54.8 Å². The fourth-order valence-electron chi connectivity index (χ4n) is 9.66. The molecule has 1 spiro atoms. The van der Waals surface area contributed by atoms with E-state index in [0.29, 0.717) is 17.6 Å². The van der Waals surface area contributed by atoms with E-state index in [1.165, 1.54) is 44.1 Å². The van der Waals surface area contributed by atoms with Gasteiger partial charge in [-0.2, -0.15) is 0 Å². The monoisotopic (exact) mass is 392 g/mol. The molecule has 7 aliphatic rings. The van der Waals surface area contributed by atoms with Crippen LogP contribution in [-0.2, 0) is 14.3 Å². The smallest absolute Gasteiger partial charge is 0.331 e. The molecule has 0 radical (unpaired) electrons. The van der Waals surface area contributed by atoms with E-state index in [1.807, 2.05) is 0 Å². The highest BCUT2D eigenvalue weighted by Crippen LogP contribution is 2.79. The minimum absolute atomic E-state index is 0.107. The zero-order chi connectivity index (χ0) is 19.5. The maximum Gasteiger partial charge on any atom is 0.331 e. The molecular formula is C26H32O3. The van der Waals surface area contributed by atoms with Crippen LogP contribution >= 0.6 is 0 Å². The first-order valence-corrected chi connectivity index (χ1v) is 12.2. The molecule has 0 amide bonds. The van der Waals surface area contributed by atoms with Crippen molar-refractivity contribution in [2.24, 2.45) is 52.8 Å². The van der Waals surface area contributed by atoms with E-state index in [1.54, 1.807) is 6.08 Å². The molecule has 5 fully saturated rings. The van der Waals surface area contributed by atoms with Gasteiger partial charge in [0.15, 0.2) is 5.78 Å². The van der Waals surface area contributed by atoms with Crippen LogP contribution in [0.2, 0.25) is 0 Å². The largest absolute Gasteiger partial charge is 0.451 e. The second kappa shape index (κ2) is 5.45. The summed E-state index contributed by atoms with van der Waals surface area (Å²) >= 11 is 0. The Labute approximate surface area is 173 Å². The molecule has 0 saturated heterocycles. The normalized spacial score (nSPS) is 54.4. The van der Waals surface area contributed by atoms with Gasteiger partial charge >= 0.3 is 5.97 Å². The first kappa shape index (κ1) is 17.3. The summed E-state index contributed by atoms with van der Waals surface area (Å²) in [5.74, 6) is 6.15. The zero-order valence-electron chi connectivity index (χ0n) is 17.4. The Hall–Kier alpha value is -1.38. The van der Waals surface area contributed by atoms with Crippen molar-refractivity contribution in [3.63, 3.8) is 0 Å². The maximum absolute atomic E-state index is 12.2. The molecule has 3 unspecified atom stereocenters. The van der Waals surface area contributed by atoms with Crippen molar-refractivity contribution in [1.29, 1.82) is 0 Å². The van der Waals surface area contributed by atoms with Gasteiger partial charge in [-0.1, -0.05) is 12.5 Å². The summed E-state index contributed by atoms with van der Waals surface area (Å²) in [5, 5.41) is 0. The highest BCUT2D eigenvalue weighted by atomic mass is 16.6. The van der Waals surface area contributed by atoms with Crippen molar-refractivity contribution in [1.82, 2.24) is 0 Å². The minimum atomic E-state index is -0.300. The lowest BCUT2D eigenvalue weighted by Crippen LogP contribution is -2.58. The third kappa shape index (κ3) is 2.01. The van der Waals surface area contributed by atoms with Crippen LogP contribution in [0.5, 0.6) is 0 Å². The van der Waals surface area contributed by atoms with Crippen molar-refractivity contribution in [3.8, 4) is 0 Å². The highest BCUT2D eigenvalue weighted by Gasteiger charge is 2.79. The van der Waals surface area contributed by atoms with E-state index >= 15 is 0 Å². The molecule has 7 rings (SSSR count). The quantitative estimate of drug-likeness (QED) is 0.630. The molecule has 1 aliphatic heterocycles. The predicted molar refractivity (Wildman–Crippen MR) is 109 cm³/mol. The van der Waals surface area contributed by atoms with Crippen molar-refractivity contribution < 1.29 is 14.3 Å². The van der Waals surface area contributed by atoms with Crippen LogP contribution < -0.4 is 0 Å². The number of allylic oxidation sites excluding steroid dienone is 1. The van der Waals surface area contributed by atoms with Gasteiger partial charge in [-0.25, -0.2) is 4.79 Å². The predicted octanol–water partition coefficient (Wildman–Crippen LogP) is 4.86. The molecular weight excluding hydrogens is 360 g/mol. The van der Waals surface area contributed by atoms with Crippen LogP contribution in [-0.4, -0.2) is 17.4 Å². The Balaban J connectivity index is 1.34. The van der Waals surface area contributed by atoms with Gasteiger partial charge < -0.3 is 4.74 Å². The molecule has 154 valence electrons. The molecule has 9 atom stereocenters. The van der Waals surface area contributed by atoms with Crippen molar-refractivity contribution >= 4 is 11.8 Å². The zero-order valence-corrected chi connectivity index (χ0v) is 17.4. The highest BCUT2D eigenvalue weighted by molar-refractivity contribution is 5.91. The van der Waals surface area contributed by atoms with Crippen LogP contribution in [0.25, 0.3) is 0 Å². The topological polar surface area (TPSA) is 43.4 Å². The van der Waals surface area contributed by atoms with Crippen LogP contribution in [0, 0.1) is 52.8 Å². The molecule has 3 heteroatoms. The number of carbonyl (C=O) groups excluding carboxylic acids is 2. The van der Waals surface area contributed by atoms with Gasteiger partial charge in [0.05, 0.1) is 0 Å². The van der Waals surface area contributed by atoms with Crippen molar-refractivity contribution in [3.05, 3.63) is 23.8 Å². The molecule has 0 N–H and O–H groups in total. The van der Waals surface area contributed by atoms with E-state index < -0.39 is 0 Å². The van der Waals surface area contributed by atoms with Crippen LogP contribution in [0.4, 0.5) is 0 Å². The fourth-order valence-corrected chi connectivity index (χ4v) is 9.66. The summed E-state index contributed by atoms with van der Waals surface area (Å²) in [6, 6.07) is 0. The first-order chi connectivity index (χ1) is 14.1. The number of fused-ring (bicyclic) bond motifs is 9. The summed E-state index contributed by atoms with van der Waals surface area (Å²) in [4.78, 5) is 24.4. The third-order valence-electron chi connectivity index (χ3n) is 10.7. The SMILES string of the molecule is CC[C@]12CCC3C(C1[C@@H]1C[C@@H]1[C@@]21C=CC(=O)O1)[C@H](C1CC1)CC1=CC(=O)CC[C@@H]13. The van der Waals surface area contributed by atoms with E-state index in [4.69, 9.17) is 4.74 Å².